The fraction of sp³-hybridized carbons (Fsp3) is 0.548. The Morgan fingerprint density at radius 2 is 0.767 bits per heavy atom. The number of nitrogens with two attached hydrogens (primary N) is 2. The summed E-state index contributed by atoms with van der Waals surface area (Å²) in [5, 5.41) is 42.6. The second-order valence-electron chi connectivity index (χ2n) is 36.9. The van der Waals surface area contributed by atoms with Crippen LogP contribution >= 0.6 is 0 Å². The average Bonchev–Trinajstić information content (AvgIpc) is 1.60. The summed E-state index contributed by atoms with van der Waals surface area (Å²) in [5.41, 5.74) is 18.8. The number of ketones is 3. The molecule has 27 heteroatoms. The Labute approximate surface area is 702 Å². The molecule has 6 saturated carbocycles. The number of benzene rings is 4. The van der Waals surface area contributed by atoms with E-state index in [1.165, 1.54) is 45.4 Å². The monoisotopic (exact) mass is 1650 g/mol. The molecular weight excluding hydrogens is 1530 g/mol. The zero-order valence-electron chi connectivity index (χ0n) is 71.9. The Kier molecular flexibility index (Phi) is 28.2. The number of fused-ring (bicyclic) bond motifs is 8. The number of hydrogen-bond donors (Lipinski definition) is 9. The molecule has 648 valence electrons. The molecular formula is C93H124N10O17. The van der Waals surface area contributed by atoms with E-state index in [0.717, 1.165) is 146 Å². The van der Waals surface area contributed by atoms with Crippen LogP contribution in [0.25, 0.3) is 43.6 Å². The molecule has 120 heavy (non-hydrogen) atoms. The van der Waals surface area contributed by atoms with Gasteiger partial charge in [-0.15, -0.1) is 0 Å². The highest BCUT2D eigenvalue weighted by molar-refractivity contribution is 6.05. The highest BCUT2D eigenvalue weighted by Crippen LogP contribution is 2.48. The smallest absolute Gasteiger partial charge is 0.407 e. The SMILES string of the molecule is CC(=O)c1ccc2cc3n(c2c1)CC1(CCC1)CNC3=O.CC(C)(C)OC(=O)NCC1(CO)CCC1.CCOC(=O)c1cc2ccc(C(C)=O)cc2n1CC1(CN)CCC1.CCOC(=O)c1cc2ccc(C(C)=O)cc2n1CC1(CNC(=O)OC(C)(C)C)CCC1.NCC1(CO)CCC1.O=C(O)c1ccc2cc3n(c2c1)CC1(CCC1)CNC3=O. The Morgan fingerprint density at radius 3 is 1.06 bits per heavy atom. The van der Waals surface area contributed by atoms with Crippen LogP contribution in [0.4, 0.5) is 9.59 Å². The summed E-state index contributed by atoms with van der Waals surface area (Å²) in [6.45, 7) is 26.8. The van der Waals surface area contributed by atoms with Crippen LogP contribution in [-0.2, 0) is 45.1 Å². The lowest BCUT2D eigenvalue weighted by atomic mass is 9.68. The van der Waals surface area contributed by atoms with Crippen molar-refractivity contribution in [1.29, 1.82) is 0 Å². The normalized spacial score (nSPS) is 18.1. The van der Waals surface area contributed by atoms with Gasteiger partial charge in [0, 0.05) is 158 Å². The number of nitrogens with zero attached hydrogens (tertiary/aromatic N) is 4. The summed E-state index contributed by atoms with van der Waals surface area (Å²) in [7, 11) is 0. The van der Waals surface area contributed by atoms with E-state index in [1.807, 2.05) is 122 Å². The van der Waals surface area contributed by atoms with E-state index in [-0.39, 0.29) is 93.0 Å². The first-order valence-corrected chi connectivity index (χ1v) is 42.6. The first kappa shape index (κ1) is 90.5. The van der Waals surface area contributed by atoms with Gasteiger partial charge in [0.15, 0.2) is 17.3 Å². The van der Waals surface area contributed by atoms with Gasteiger partial charge in [0.05, 0.1) is 25.4 Å². The molecule has 4 aromatic carbocycles. The second kappa shape index (κ2) is 37.4. The maximum absolute atomic E-state index is 12.7. The van der Waals surface area contributed by atoms with Crippen molar-refractivity contribution >= 4 is 103 Å². The van der Waals surface area contributed by atoms with Gasteiger partial charge in [-0.2, -0.15) is 0 Å². The van der Waals surface area contributed by atoms with Crippen LogP contribution in [0, 0.1) is 32.5 Å². The van der Waals surface area contributed by atoms with E-state index in [1.54, 1.807) is 58.0 Å². The minimum Gasteiger partial charge on any atom is -0.478 e. The first-order valence-electron chi connectivity index (χ1n) is 42.6. The van der Waals surface area contributed by atoms with Crippen molar-refractivity contribution < 1.29 is 82.2 Å². The molecule has 6 fully saturated rings. The van der Waals surface area contributed by atoms with E-state index in [4.69, 9.17) is 40.6 Å². The molecule has 2 aliphatic heterocycles. The number of carboxylic acid groups (broad SMARTS) is 1. The van der Waals surface area contributed by atoms with Gasteiger partial charge >= 0.3 is 30.1 Å². The predicted octanol–water partition coefficient (Wildman–Crippen LogP) is 14.7. The van der Waals surface area contributed by atoms with Crippen LogP contribution in [0.5, 0.6) is 0 Å². The minimum atomic E-state index is -0.941. The van der Waals surface area contributed by atoms with Gasteiger partial charge in [0.25, 0.3) is 11.8 Å². The third-order valence-electron chi connectivity index (χ3n) is 25.8. The van der Waals surface area contributed by atoms with Crippen molar-refractivity contribution in [2.45, 2.75) is 229 Å². The van der Waals surface area contributed by atoms with Gasteiger partial charge < -0.3 is 85.3 Å². The van der Waals surface area contributed by atoms with Gasteiger partial charge in [0.2, 0.25) is 0 Å². The molecule has 2 spiro atoms. The number of nitrogens with one attached hydrogen (secondary N) is 4. The molecule has 0 atom stereocenters. The summed E-state index contributed by atoms with van der Waals surface area (Å²) in [6.07, 6.45) is 19.0. The maximum atomic E-state index is 12.7. The van der Waals surface area contributed by atoms with Crippen molar-refractivity contribution in [1.82, 2.24) is 39.5 Å². The number of aromatic nitrogens is 4. The number of aromatic carboxylic acids is 1. The predicted molar refractivity (Wildman–Crippen MR) is 460 cm³/mol. The number of Topliss-reactive ketones (excluding diaryl/α,β-unsaturated/α-hetero) is 3. The maximum Gasteiger partial charge on any atom is 0.407 e. The third-order valence-corrected chi connectivity index (χ3v) is 25.8. The lowest BCUT2D eigenvalue weighted by Gasteiger charge is -2.42. The molecule has 16 rings (SSSR count). The molecule has 11 N–H and O–H groups in total. The summed E-state index contributed by atoms with van der Waals surface area (Å²) < 4.78 is 29.0. The Hall–Kier alpha value is -10.2. The van der Waals surface area contributed by atoms with Crippen LogP contribution < -0.4 is 32.7 Å². The molecule has 4 aromatic heterocycles. The number of aliphatic hydroxyl groups is 2. The topological polar surface area (TPSA) is 388 Å². The van der Waals surface area contributed by atoms with Gasteiger partial charge in [-0.05, 0) is 214 Å². The molecule has 0 unspecified atom stereocenters. The Morgan fingerprint density at radius 1 is 0.442 bits per heavy atom. The molecule has 0 saturated heterocycles. The minimum absolute atomic E-state index is 0.000602. The van der Waals surface area contributed by atoms with E-state index in [2.05, 4.69) is 25.8 Å². The molecule has 6 heterocycles. The van der Waals surface area contributed by atoms with E-state index in [0.29, 0.717) is 86.2 Å². The number of aliphatic hydroxyl groups excluding tert-OH is 2. The molecule has 8 aromatic rings. The van der Waals surface area contributed by atoms with Crippen molar-refractivity contribution in [3.05, 3.63) is 142 Å². The number of hydrogen-bond acceptors (Lipinski definition) is 18. The highest BCUT2D eigenvalue weighted by atomic mass is 16.6. The number of ether oxygens (including phenoxy) is 4. The van der Waals surface area contributed by atoms with Crippen LogP contribution in [0.15, 0.2) is 97.1 Å². The standard InChI is InChI=1S/C24H32N2O5.C19H24N2O3.C17H18N2O2.C16H16N2O3.C11H21NO3.C6H13NO/c1-6-30-21(28)20-13-18-9-8-17(16(2)27)12-19(18)26(20)15-24(10-7-11-24)14-25-22(29)31-23(3,4)5;1-3-24-18(23)17-10-15-6-5-14(13(2)22)9-16(15)21(17)12-19(11-20)7-4-8-19;1-11(20)12-3-4-13-8-15-16(21)18-9-17(5-2-6-17)10-19(15)14(13)7-12;19-14-13-6-10-2-3-11(15(20)21)7-12(10)18(13)9-16(8-17-14)4-1-5-16;1-10(2,3)15-9(14)12-7-11(8-13)5-4-6-11;7-4-6(5-8)2-1-3-6/h8-9,12-13H,6-7,10-11,14-15H2,1-5H3,(H,25,29);5-6,9-10H,3-4,7-8,11-12,20H2,1-2H3;3-4,7-8H,2,5-6,9-10H2,1H3,(H,18,21);2-3,6-7H,1,4-5,8-9H2,(H,17,19)(H,20,21);13H,4-8H2,1-3H3,(H,12,14);8H,1-5,7H2. The second-order valence-corrected chi connectivity index (χ2v) is 36.9. The quantitative estimate of drug-likeness (QED) is 0.0194. The van der Waals surface area contributed by atoms with Gasteiger partial charge in [0.1, 0.15) is 34.0 Å². The molecule has 27 nitrogen and oxygen atoms in total. The number of esters is 2. The summed E-state index contributed by atoms with van der Waals surface area (Å²) in [6, 6.07) is 29.2. The van der Waals surface area contributed by atoms with E-state index < -0.39 is 35.3 Å². The largest absolute Gasteiger partial charge is 0.478 e. The third kappa shape index (κ3) is 21.0. The molecule has 8 aliphatic rings. The van der Waals surface area contributed by atoms with E-state index >= 15 is 0 Å². The lowest BCUT2D eigenvalue weighted by molar-refractivity contribution is 0.0273. The van der Waals surface area contributed by atoms with Crippen molar-refractivity contribution in [3.8, 4) is 0 Å². The lowest BCUT2D eigenvalue weighted by Crippen LogP contribution is -2.46. The Balaban J connectivity index is 0.000000145. The number of carbonyl (C=O) groups excluding carboxylic acids is 9. The first-order chi connectivity index (χ1) is 56.9. The molecule has 0 bridgehead atoms. The highest BCUT2D eigenvalue weighted by Gasteiger charge is 2.45. The molecule has 6 aliphatic carbocycles. The summed E-state index contributed by atoms with van der Waals surface area (Å²) in [4.78, 5) is 120. The molecule has 4 amide bonds. The number of carboxylic acids is 1. The fourth-order valence-electron chi connectivity index (χ4n) is 17.3. The number of rotatable bonds is 20. The van der Waals surface area contributed by atoms with Crippen LogP contribution in [0.3, 0.4) is 0 Å². The fourth-order valence-corrected chi connectivity index (χ4v) is 17.3. The van der Waals surface area contributed by atoms with Crippen LogP contribution in [0.2, 0.25) is 0 Å². The van der Waals surface area contributed by atoms with Gasteiger partial charge in [-0.3, -0.25) is 24.0 Å². The zero-order valence-corrected chi connectivity index (χ0v) is 71.9. The number of amides is 4. The van der Waals surface area contributed by atoms with Crippen molar-refractivity contribution in [2.24, 2.45) is 44.0 Å². The van der Waals surface area contributed by atoms with Crippen LogP contribution in [-0.4, -0.2) is 170 Å². The average molecular weight is 1650 g/mol. The van der Waals surface area contributed by atoms with Gasteiger partial charge in [-0.25, -0.2) is 24.0 Å². The van der Waals surface area contributed by atoms with Gasteiger partial charge in [-0.1, -0.05) is 81.0 Å². The number of carbonyl (C=O) groups is 10. The zero-order chi connectivity index (χ0) is 86.9. The van der Waals surface area contributed by atoms with Crippen LogP contribution in [0.1, 0.15) is 275 Å². The summed E-state index contributed by atoms with van der Waals surface area (Å²) in [5.74, 6) is -1.68. The molecule has 0 radical (unpaired) electrons. The van der Waals surface area contributed by atoms with Crippen molar-refractivity contribution in [3.63, 3.8) is 0 Å². The van der Waals surface area contributed by atoms with E-state index in [9.17, 15) is 53.1 Å². The Bertz CT molecular complexity index is 4980. The summed E-state index contributed by atoms with van der Waals surface area (Å²) >= 11 is 0. The number of alkyl carbamates (subject to hydrolysis) is 2. The van der Waals surface area contributed by atoms with Crippen molar-refractivity contribution in [2.75, 3.05) is 65.7 Å².